The van der Waals surface area contributed by atoms with Crippen LogP contribution in [0.5, 0.6) is 0 Å². The molecular formula is C11H12BrN3. The quantitative estimate of drug-likeness (QED) is 0.809. The lowest BCUT2D eigenvalue weighted by atomic mass is 10.2. The normalized spacial score (nSPS) is 12.0. The first-order valence-corrected chi connectivity index (χ1v) is 5.35. The van der Waals surface area contributed by atoms with E-state index in [1.54, 1.807) is 6.20 Å². The first-order chi connectivity index (χ1) is 7.19. The largest absolute Gasteiger partial charge is 0.335 e. The molecule has 0 unspecified atom stereocenters. The maximum absolute atomic E-state index is 8.72. The van der Waals surface area contributed by atoms with Crippen LogP contribution in [-0.4, -0.2) is 4.57 Å². The number of nitrogens with zero attached hydrogens (tertiary/aromatic N) is 3. The van der Waals surface area contributed by atoms with Crippen molar-refractivity contribution in [3.63, 3.8) is 0 Å². The summed E-state index contributed by atoms with van der Waals surface area (Å²) in [6.07, 6.45) is 5.87. The number of nitriles is 1. The first-order valence-electron chi connectivity index (χ1n) is 4.56. The van der Waals surface area contributed by atoms with Gasteiger partial charge in [0.05, 0.1) is 12.5 Å². The summed E-state index contributed by atoms with van der Waals surface area (Å²) in [6.45, 7) is 1.91. The fraction of sp³-hybridized carbons (Fsp3) is 0.273. The highest BCUT2D eigenvalue weighted by molar-refractivity contribution is 9.10. The highest BCUT2D eigenvalue weighted by Crippen LogP contribution is 2.08. The Morgan fingerprint density at radius 1 is 1.67 bits per heavy atom. The van der Waals surface area contributed by atoms with Gasteiger partial charge in [0.2, 0.25) is 0 Å². The molecule has 1 heterocycles. The summed E-state index contributed by atoms with van der Waals surface area (Å²) < 4.78 is 2.85. The van der Waals surface area contributed by atoms with Crippen molar-refractivity contribution in [3.05, 3.63) is 40.1 Å². The molecule has 0 atom stereocenters. The highest BCUT2D eigenvalue weighted by atomic mass is 79.9. The minimum Gasteiger partial charge on any atom is -0.335 e. The van der Waals surface area contributed by atoms with Crippen molar-refractivity contribution in [1.82, 2.24) is 4.57 Å². The molecule has 0 bridgehead atoms. The zero-order chi connectivity index (χ0) is 11.3. The Morgan fingerprint density at radius 2 is 2.40 bits per heavy atom. The summed E-state index contributed by atoms with van der Waals surface area (Å²) in [7, 11) is 1.91. The molecule has 0 saturated carbocycles. The van der Waals surface area contributed by atoms with Crippen LogP contribution >= 0.6 is 15.9 Å². The number of aromatic nitrogens is 1. The Morgan fingerprint density at radius 3 is 3.00 bits per heavy atom. The van der Waals surface area contributed by atoms with Crippen LogP contribution < -0.4 is 5.49 Å². The minimum atomic E-state index is 0.365. The van der Waals surface area contributed by atoms with Gasteiger partial charge < -0.3 is 4.57 Å². The van der Waals surface area contributed by atoms with E-state index in [1.807, 2.05) is 36.9 Å². The predicted octanol–water partition coefficient (Wildman–Crippen LogP) is 2.29. The van der Waals surface area contributed by atoms with E-state index in [0.29, 0.717) is 6.42 Å². The van der Waals surface area contributed by atoms with Crippen LogP contribution in [0, 0.1) is 11.3 Å². The van der Waals surface area contributed by atoms with Crippen LogP contribution in [0.3, 0.4) is 0 Å². The minimum absolute atomic E-state index is 0.365. The second-order valence-electron chi connectivity index (χ2n) is 3.06. The molecule has 1 aromatic rings. The van der Waals surface area contributed by atoms with Crippen molar-refractivity contribution in [2.45, 2.75) is 13.3 Å². The monoisotopic (exact) mass is 265 g/mol. The third kappa shape index (κ3) is 3.07. The van der Waals surface area contributed by atoms with Gasteiger partial charge in [0.1, 0.15) is 5.49 Å². The third-order valence-electron chi connectivity index (χ3n) is 1.87. The Hall–Kier alpha value is -1.34. The molecule has 0 aromatic carbocycles. The van der Waals surface area contributed by atoms with Gasteiger partial charge >= 0.3 is 0 Å². The van der Waals surface area contributed by atoms with Gasteiger partial charge in [-0.15, -0.1) is 0 Å². The summed E-state index contributed by atoms with van der Waals surface area (Å²) >= 11 is 3.40. The van der Waals surface area contributed by atoms with Gasteiger partial charge in [-0.05, 0) is 28.9 Å². The SMILES string of the molecule is C/C=C\N=c1c(CC#N)cc(Br)cn1C. The van der Waals surface area contributed by atoms with Crippen LogP contribution in [0.2, 0.25) is 0 Å². The van der Waals surface area contributed by atoms with Gasteiger partial charge in [0.15, 0.2) is 0 Å². The van der Waals surface area contributed by atoms with Crippen LogP contribution in [-0.2, 0) is 13.5 Å². The van der Waals surface area contributed by atoms with E-state index in [2.05, 4.69) is 27.0 Å². The molecule has 3 nitrogen and oxygen atoms in total. The topological polar surface area (TPSA) is 41.1 Å². The number of allylic oxidation sites excluding steroid dienone is 1. The molecular weight excluding hydrogens is 254 g/mol. The number of pyridine rings is 1. The van der Waals surface area contributed by atoms with Gasteiger partial charge in [-0.25, -0.2) is 4.99 Å². The number of aryl methyl sites for hydroxylation is 1. The van der Waals surface area contributed by atoms with Crippen LogP contribution in [0.4, 0.5) is 0 Å². The van der Waals surface area contributed by atoms with E-state index >= 15 is 0 Å². The Bertz CT molecular complexity index is 478. The van der Waals surface area contributed by atoms with Crippen molar-refractivity contribution in [2.75, 3.05) is 0 Å². The average molecular weight is 266 g/mol. The Kier molecular flexibility index (Phi) is 4.32. The van der Waals surface area contributed by atoms with Crippen molar-refractivity contribution in [1.29, 1.82) is 5.26 Å². The Balaban J connectivity index is 3.41. The van der Waals surface area contributed by atoms with Gasteiger partial charge in [-0.1, -0.05) is 6.08 Å². The lowest BCUT2D eigenvalue weighted by Gasteiger charge is -2.04. The molecule has 1 rings (SSSR count). The molecule has 0 radical (unpaired) electrons. The van der Waals surface area contributed by atoms with E-state index in [9.17, 15) is 0 Å². The summed E-state index contributed by atoms with van der Waals surface area (Å²) in [5.74, 6) is 0. The van der Waals surface area contributed by atoms with Gasteiger partial charge in [-0.3, -0.25) is 0 Å². The molecule has 0 spiro atoms. The maximum atomic E-state index is 8.72. The molecule has 0 fully saturated rings. The Labute approximate surface area is 97.5 Å². The smallest absolute Gasteiger partial charge is 0.136 e. The molecule has 0 saturated heterocycles. The lowest BCUT2D eigenvalue weighted by Crippen LogP contribution is -2.21. The summed E-state index contributed by atoms with van der Waals surface area (Å²) in [6, 6.07) is 4.06. The number of rotatable bonds is 2. The van der Waals surface area contributed by atoms with Crippen LogP contribution in [0.15, 0.2) is 34.0 Å². The van der Waals surface area contributed by atoms with Crippen molar-refractivity contribution in [2.24, 2.45) is 12.0 Å². The number of hydrogen-bond acceptors (Lipinski definition) is 2. The predicted molar refractivity (Wildman–Crippen MR) is 62.8 cm³/mol. The second kappa shape index (κ2) is 5.52. The van der Waals surface area contributed by atoms with Crippen molar-refractivity contribution >= 4 is 15.9 Å². The van der Waals surface area contributed by atoms with E-state index in [0.717, 1.165) is 15.5 Å². The van der Waals surface area contributed by atoms with E-state index in [-0.39, 0.29) is 0 Å². The highest BCUT2D eigenvalue weighted by Gasteiger charge is 2.00. The fourth-order valence-corrected chi connectivity index (χ4v) is 1.86. The standard InChI is InChI=1S/C11H12BrN3/c1-3-6-14-11-9(4-5-13)7-10(12)8-15(11)2/h3,6-8H,4H2,1-2H3/b6-3-,14-11?. The van der Waals surface area contributed by atoms with Gasteiger partial charge in [-0.2, -0.15) is 5.26 Å². The molecule has 0 aliphatic heterocycles. The summed E-state index contributed by atoms with van der Waals surface area (Å²) in [4.78, 5) is 4.29. The lowest BCUT2D eigenvalue weighted by molar-refractivity contribution is 0.811. The number of hydrogen-bond donors (Lipinski definition) is 0. The van der Waals surface area contributed by atoms with Crippen LogP contribution in [0.25, 0.3) is 0 Å². The zero-order valence-electron chi connectivity index (χ0n) is 8.74. The molecule has 78 valence electrons. The molecule has 4 heteroatoms. The zero-order valence-corrected chi connectivity index (χ0v) is 10.3. The first kappa shape index (κ1) is 11.7. The molecule has 15 heavy (non-hydrogen) atoms. The van der Waals surface area contributed by atoms with E-state index < -0.39 is 0 Å². The molecule has 0 aliphatic rings. The molecule has 0 aliphatic carbocycles. The fourth-order valence-electron chi connectivity index (χ4n) is 1.28. The van der Waals surface area contributed by atoms with Gasteiger partial charge in [0.25, 0.3) is 0 Å². The third-order valence-corrected chi connectivity index (χ3v) is 2.30. The van der Waals surface area contributed by atoms with Gasteiger partial charge in [0, 0.05) is 29.5 Å². The van der Waals surface area contributed by atoms with E-state index in [1.165, 1.54) is 0 Å². The molecule has 0 amide bonds. The van der Waals surface area contributed by atoms with E-state index in [4.69, 9.17) is 5.26 Å². The maximum Gasteiger partial charge on any atom is 0.136 e. The average Bonchev–Trinajstić information content (AvgIpc) is 2.17. The number of halogens is 1. The van der Waals surface area contributed by atoms with Crippen molar-refractivity contribution < 1.29 is 0 Å². The van der Waals surface area contributed by atoms with Crippen molar-refractivity contribution in [3.8, 4) is 6.07 Å². The summed E-state index contributed by atoms with van der Waals surface area (Å²) in [5.41, 5.74) is 1.74. The molecule has 1 aromatic heterocycles. The van der Waals surface area contributed by atoms with Crippen LogP contribution in [0.1, 0.15) is 12.5 Å². The molecule has 0 N–H and O–H groups in total. The summed E-state index contributed by atoms with van der Waals surface area (Å²) in [5, 5.41) is 8.72. The second-order valence-corrected chi connectivity index (χ2v) is 3.98.